The second-order valence-electron chi connectivity index (χ2n) is 6.34. The normalized spacial score (nSPS) is 64.7. The molecule has 1 nitrogen and oxygen atoms in total. The summed E-state index contributed by atoms with van der Waals surface area (Å²) in [6.07, 6.45) is -0.0174. The Morgan fingerprint density at radius 1 is 0.857 bits per heavy atom. The lowest BCUT2D eigenvalue weighted by Crippen LogP contribution is -2.46. The molecule has 3 rings (SSSR count). The summed E-state index contributed by atoms with van der Waals surface area (Å²) in [5.41, 5.74) is 0. The first kappa shape index (κ1) is 9.21. The van der Waals surface area contributed by atoms with E-state index in [9.17, 15) is 5.11 Å². The molecule has 3 aliphatic rings. The molecule has 3 saturated carbocycles. The zero-order valence-electron chi connectivity index (χ0n) is 9.64. The molecule has 0 amide bonds. The zero-order valence-corrected chi connectivity index (χ0v) is 9.64. The van der Waals surface area contributed by atoms with E-state index in [1.165, 1.54) is 0 Å². The van der Waals surface area contributed by atoms with Crippen LogP contribution in [0.25, 0.3) is 0 Å². The summed E-state index contributed by atoms with van der Waals surface area (Å²) in [7, 11) is 0. The van der Waals surface area contributed by atoms with E-state index >= 15 is 0 Å². The van der Waals surface area contributed by atoms with E-state index in [0.717, 1.165) is 29.6 Å². The molecule has 80 valence electrons. The molecule has 0 aliphatic heterocycles. The molecular formula is C13H22O. The summed E-state index contributed by atoms with van der Waals surface area (Å²) in [4.78, 5) is 0. The van der Waals surface area contributed by atoms with E-state index < -0.39 is 0 Å². The minimum atomic E-state index is -0.0174. The number of hydrogen-bond donors (Lipinski definition) is 1. The van der Waals surface area contributed by atoms with E-state index in [4.69, 9.17) is 0 Å². The van der Waals surface area contributed by atoms with Crippen molar-refractivity contribution in [3.05, 3.63) is 0 Å². The van der Waals surface area contributed by atoms with Gasteiger partial charge >= 0.3 is 0 Å². The highest BCUT2D eigenvalue weighted by atomic mass is 16.3. The molecule has 0 spiro atoms. The number of aliphatic hydroxyl groups is 1. The van der Waals surface area contributed by atoms with Gasteiger partial charge in [-0.2, -0.15) is 0 Å². The largest absolute Gasteiger partial charge is 0.393 e. The molecule has 0 bridgehead atoms. The van der Waals surface area contributed by atoms with Gasteiger partial charge in [0, 0.05) is 0 Å². The van der Waals surface area contributed by atoms with Crippen LogP contribution in [-0.2, 0) is 0 Å². The first-order chi connectivity index (χ1) is 6.55. The van der Waals surface area contributed by atoms with Crippen molar-refractivity contribution in [2.75, 3.05) is 0 Å². The maximum atomic E-state index is 10.3. The van der Waals surface area contributed by atoms with Crippen LogP contribution in [0.1, 0.15) is 27.7 Å². The molecule has 3 fully saturated rings. The maximum Gasteiger partial charge on any atom is 0.0602 e. The van der Waals surface area contributed by atoms with Crippen molar-refractivity contribution in [1.82, 2.24) is 0 Å². The molecule has 1 N–H and O–H groups in total. The molecule has 0 aromatic carbocycles. The zero-order chi connectivity index (χ0) is 10.2. The van der Waals surface area contributed by atoms with Gasteiger partial charge in [0.2, 0.25) is 0 Å². The highest BCUT2D eigenvalue weighted by Crippen LogP contribution is 2.76. The van der Waals surface area contributed by atoms with Crippen LogP contribution in [0.2, 0.25) is 0 Å². The fourth-order valence-electron chi connectivity index (χ4n) is 5.01. The monoisotopic (exact) mass is 194 g/mol. The molecule has 0 aromatic rings. The van der Waals surface area contributed by atoms with E-state index in [1.54, 1.807) is 0 Å². The fraction of sp³-hybridized carbons (Fsp3) is 1.00. The van der Waals surface area contributed by atoms with Crippen LogP contribution >= 0.6 is 0 Å². The quantitative estimate of drug-likeness (QED) is 0.679. The topological polar surface area (TPSA) is 20.2 Å². The summed E-state index contributed by atoms with van der Waals surface area (Å²) in [5.74, 6) is 6.46. The van der Waals surface area contributed by atoms with E-state index in [0.29, 0.717) is 17.8 Å². The van der Waals surface area contributed by atoms with E-state index in [-0.39, 0.29) is 6.10 Å². The molecular weight excluding hydrogens is 172 g/mol. The third-order valence-electron chi connectivity index (χ3n) is 5.61. The highest BCUT2D eigenvalue weighted by molar-refractivity contribution is 5.21. The Morgan fingerprint density at radius 2 is 1.43 bits per heavy atom. The predicted molar refractivity (Wildman–Crippen MR) is 56.6 cm³/mol. The molecule has 0 heterocycles. The van der Waals surface area contributed by atoms with Gasteiger partial charge in [-0.3, -0.25) is 0 Å². The Labute approximate surface area is 86.9 Å². The van der Waals surface area contributed by atoms with Gasteiger partial charge in [-0.15, -0.1) is 0 Å². The Bertz CT molecular complexity index is 260. The average molecular weight is 194 g/mol. The number of fused-ring (bicyclic) bond motifs is 1. The van der Waals surface area contributed by atoms with Gasteiger partial charge < -0.3 is 5.11 Å². The Hall–Kier alpha value is -0.0400. The van der Waals surface area contributed by atoms with Gasteiger partial charge in [-0.25, -0.2) is 0 Å². The van der Waals surface area contributed by atoms with Crippen molar-refractivity contribution in [3.63, 3.8) is 0 Å². The first-order valence-corrected chi connectivity index (χ1v) is 6.23. The van der Waals surface area contributed by atoms with Gasteiger partial charge in [-0.1, -0.05) is 27.7 Å². The van der Waals surface area contributed by atoms with Crippen molar-refractivity contribution >= 4 is 0 Å². The fourth-order valence-corrected chi connectivity index (χ4v) is 5.01. The van der Waals surface area contributed by atoms with Gasteiger partial charge in [0.25, 0.3) is 0 Å². The Morgan fingerprint density at radius 3 is 2.00 bits per heavy atom. The molecule has 6 unspecified atom stereocenters. The summed E-state index contributed by atoms with van der Waals surface area (Å²) in [5, 5.41) is 10.3. The first-order valence-electron chi connectivity index (χ1n) is 6.23. The standard InChI is InChI=1S/C13H22O/c1-5(2)8-9-6(3)10-11(12(9)10)7(4)13(8)14/h5-14H,1-4H3/t6?,7?,8?,9-,10?,11-,12?,13?/m1/s1. The molecule has 3 aliphatic carbocycles. The summed E-state index contributed by atoms with van der Waals surface area (Å²) < 4.78 is 0. The van der Waals surface area contributed by atoms with Crippen molar-refractivity contribution in [2.24, 2.45) is 47.3 Å². The SMILES string of the molecule is CC(C)C1C(O)C(C)[C@@H]2C3C(C)[C@H]1C32. The van der Waals surface area contributed by atoms with Crippen molar-refractivity contribution in [3.8, 4) is 0 Å². The second-order valence-corrected chi connectivity index (χ2v) is 6.34. The summed E-state index contributed by atoms with van der Waals surface area (Å²) in [6.45, 7) is 9.24. The van der Waals surface area contributed by atoms with Gasteiger partial charge in [-0.05, 0) is 47.3 Å². The van der Waals surface area contributed by atoms with Crippen molar-refractivity contribution in [2.45, 2.75) is 33.8 Å². The molecule has 8 atom stereocenters. The van der Waals surface area contributed by atoms with Crippen LogP contribution in [0.4, 0.5) is 0 Å². The van der Waals surface area contributed by atoms with Crippen LogP contribution in [-0.4, -0.2) is 11.2 Å². The molecule has 14 heavy (non-hydrogen) atoms. The lowest BCUT2D eigenvalue weighted by molar-refractivity contribution is -0.0579. The maximum absolute atomic E-state index is 10.3. The lowest BCUT2D eigenvalue weighted by atomic mass is 9.61. The molecule has 0 aromatic heterocycles. The second kappa shape index (κ2) is 2.55. The number of hydrogen-bond acceptors (Lipinski definition) is 1. The van der Waals surface area contributed by atoms with E-state index in [1.807, 2.05) is 0 Å². The molecule has 0 radical (unpaired) electrons. The van der Waals surface area contributed by atoms with Crippen LogP contribution in [0.3, 0.4) is 0 Å². The van der Waals surface area contributed by atoms with Crippen molar-refractivity contribution < 1.29 is 5.11 Å². The van der Waals surface area contributed by atoms with Crippen LogP contribution in [0.15, 0.2) is 0 Å². The predicted octanol–water partition coefficient (Wildman–Crippen LogP) is 2.40. The lowest BCUT2D eigenvalue weighted by Gasteiger charge is -2.46. The summed E-state index contributed by atoms with van der Waals surface area (Å²) in [6, 6.07) is 0. The van der Waals surface area contributed by atoms with Crippen LogP contribution < -0.4 is 0 Å². The van der Waals surface area contributed by atoms with E-state index in [2.05, 4.69) is 27.7 Å². The van der Waals surface area contributed by atoms with Crippen molar-refractivity contribution in [1.29, 1.82) is 0 Å². The Balaban J connectivity index is 1.90. The number of aliphatic hydroxyl groups excluding tert-OH is 1. The highest BCUT2D eigenvalue weighted by Gasteiger charge is 2.74. The smallest absolute Gasteiger partial charge is 0.0602 e. The molecule has 0 saturated heterocycles. The number of rotatable bonds is 1. The van der Waals surface area contributed by atoms with Crippen LogP contribution in [0, 0.1) is 47.3 Å². The average Bonchev–Trinajstić information content (AvgIpc) is 2.81. The minimum Gasteiger partial charge on any atom is -0.393 e. The van der Waals surface area contributed by atoms with Crippen LogP contribution in [0.5, 0.6) is 0 Å². The van der Waals surface area contributed by atoms with Gasteiger partial charge in [0.15, 0.2) is 0 Å². The molecule has 1 heteroatoms. The third kappa shape index (κ3) is 0.816. The van der Waals surface area contributed by atoms with Gasteiger partial charge in [0.05, 0.1) is 6.10 Å². The third-order valence-corrected chi connectivity index (χ3v) is 5.61. The summed E-state index contributed by atoms with van der Waals surface area (Å²) >= 11 is 0. The Kier molecular flexibility index (Phi) is 1.68. The van der Waals surface area contributed by atoms with Gasteiger partial charge in [0.1, 0.15) is 0 Å². The minimum absolute atomic E-state index is 0.0174.